The molecule has 25 heavy (non-hydrogen) atoms. The summed E-state index contributed by atoms with van der Waals surface area (Å²) in [5, 5.41) is 15.8. The summed E-state index contributed by atoms with van der Waals surface area (Å²) in [6.45, 7) is 1.63. The molecule has 2 N–H and O–H groups in total. The fraction of sp³-hybridized carbons (Fsp3) is 0.389. The minimum Gasteiger partial charge on any atom is -0.391 e. The summed E-state index contributed by atoms with van der Waals surface area (Å²) in [4.78, 5) is 12.8. The summed E-state index contributed by atoms with van der Waals surface area (Å²) >= 11 is 1.57. The molecule has 4 rings (SSSR count). The molecular weight excluding hydrogens is 334 g/mol. The molecule has 3 aromatic rings. The maximum Gasteiger partial charge on any atom is 0.0995 e. The van der Waals surface area contributed by atoms with Gasteiger partial charge in [-0.05, 0) is 30.4 Å². The molecule has 1 saturated carbocycles. The molecule has 0 amide bonds. The number of hydrogen-bond acceptors (Lipinski definition) is 6. The largest absolute Gasteiger partial charge is 0.391 e. The molecule has 0 aromatic carbocycles. The van der Waals surface area contributed by atoms with Gasteiger partial charge in [-0.3, -0.25) is 4.98 Å². The van der Waals surface area contributed by atoms with Crippen LogP contribution in [0.3, 0.4) is 0 Å². The summed E-state index contributed by atoms with van der Waals surface area (Å²) in [7, 11) is 0. The Morgan fingerprint density at radius 1 is 1.24 bits per heavy atom. The van der Waals surface area contributed by atoms with Crippen molar-refractivity contribution in [2.45, 2.75) is 38.1 Å². The van der Waals surface area contributed by atoms with Crippen LogP contribution in [0.5, 0.6) is 0 Å². The number of aromatic nitrogens is 4. The van der Waals surface area contributed by atoms with E-state index in [0.717, 1.165) is 36.3 Å². The zero-order chi connectivity index (χ0) is 17.1. The Balaban J connectivity index is 1.30. The quantitative estimate of drug-likeness (QED) is 0.710. The molecule has 6 nitrogen and oxygen atoms in total. The third kappa shape index (κ3) is 3.95. The molecule has 3 aromatic heterocycles. The van der Waals surface area contributed by atoms with Crippen LogP contribution < -0.4 is 5.32 Å². The lowest BCUT2D eigenvalue weighted by atomic mass is 10.1. The van der Waals surface area contributed by atoms with Crippen molar-refractivity contribution in [2.75, 3.05) is 0 Å². The summed E-state index contributed by atoms with van der Waals surface area (Å²) in [5.74, 6) is 0.479. The van der Waals surface area contributed by atoms with E-state index >= 15 is 0 Å². The number of pyridine rings is 1. The molecular formula is C18H21N5OS. The first-order valence-electron chi connectivity index (χ1n) is 8.48. The fourth-order valence-electron chi connectivity index (χ4n) is 3.45. The summed E-state index contributed by atoms with van der Waals surface area (Å²) in [6.07, 6.45) is 9.00. The van der Waals surface area contributed by atoms with Gasteiger partial charge in [-0.1, -0.05) is 6.07 Å². The van der Waals surface area contributed by atoms with Crippen molar-refractivity contribution in [3.63, 3.8) is 0 Å². The highest BCUT2D eigenvalue weighted by Crippen LogP contribution is 2.28. The Morgan fingerprint density at radius 2 is 2.20 bits per heavy atom. The predicted octanol–water partition coefficient (Wildman–Crippen LogP) is 2.33. The predicted molar refractivity (Wildman–Crippen MR) is 96.9 cm³/mol. The molecule has 7 heteroatoms. The van der Waals surface area contributed by atoms with Crippen molar-refractivity contribution in [3.05, 3.63) is 53.5 Å². The monoisotopic (exact) mass is 355 g/mol. The lowest BCUT2D eigenvalue weighted by Crippen LogP contribution is -2.35. The smallest absolute Gasteiger partial charge is 0.0995 e. The maximum atomic E-state index is 10.3. The van der Waals surface area contributed by atoms with E-state index in [2.05, 4.69) is 30.9 Å². The van der Waals surface area contributed by atoms with Crippen LogP contribution in [0.15, 0.2) is 47.9 Å². The fourth-order valence-corrected chi connectivity index (χ4v) is 3.99. The van der Waals surface area contributed by atoms with E-state index < -0.39 is 0 Å². The van der Waals surface area contributed by atoms with E-state index in [1.807, 2.05) is 35.7 Å². The Bertz CT molecular complexity index is 772. The van der Waals surface area contributed by atoms with Crippen molar-refractivity contribution in [2.24, 2.45) is 5.92 Å². The molecule has 0 radical (unpaired) electrons. The highest BCUT2D eigenvalue weighted by molar-refractivity contribution is 7.07. The van der Waals surface area contributed by atoms with Crippen molar-refractivity contribution in [3.8, 4) is 11.4 Å². The van der Waals surface area contributed by atoms with Gasteiger partial charge in [-0.2, -0.15) is 0 Å². The number of nitrogens with zero attached hydrogens (tertiary/aromatic N) is 4. The average Bonchev–Trinajstić information content (AvgIpc) is 3.37. The molecule has 0 spiro atoms. The van der Waals surface area contributed by atoms with Gasteiger partial charge in [-0.25, -0.2) is 9.97 Å². The second-order valence-corrected chi connectivity index (χ2v) is 7.30. The normalized spacial score (nSPS) is 23.2. The molecule has 3 heterocycles. The number of imidazole rings is 1. The van der Waals surface area contributed by atoms with Gasteiger partial charge in [0.1, 0.15) is 0 Å². The van der Waals surface area contributed by atoms with Gasteiger partial charge in [-0.15, -0.1) is 11.3 Å². The van der Waals surface area contributed by atoms with Crippen molar-refractivity contribution >= 4 is 11.3 Å². The van der Waals surface area contributed by atoms with Gasteiger partial charge in [0.15, 0.2) is 0 Å². The molecule has 1 aliphatic carbocycles. The number of rotatable bonds is 6. The van der Waals surface area contributed by atoms with E-state index in [1.54, 1.807) is 17.5 Å². The number of hydrogen-bond donors (Lipinski definition) is 2. The van der Waals surface area contributed by atoms with Crippen LogP contribution in [0.1, 0.15) is 18.4 Å². The second kappa shape index (κ2) is 7.43. The van der Waals surface area contributed by atoms with Crippen LogP contribution in [0.2, 0.25) is 0 Å². The zero-order valence-corrected chi connectivity index (χ0v) is 14.6. The highest BCUT2D eigenvalue weighted by Gasteiger charge is 2.32. The molecule has 3 atom stereocenters. The highest BCUT2D eigenvalue weighted by atomic mass is 32.1. The third-order valence-electron chi connectivity index (χ3n) is 4.74. The van der Waals surface area contributed by atoms with Gasteiger partial charge < -0.3 is 15.0 Å². The Hall–Kier alpha value is -2.09. The summed E-state index contributed by atoms with van der Waals surface area (Å²) in [5.41, 5.74) is 4.74. The summed E-state index contributed by atoms with van der Waals surface area (Å²) < 4.78 is 2.08. The van der Waals surface area contributed by atoms with E-state index in [1.165, 1.54) is 0 Å². The summed E-state index contributed by atoms with van der Waals surface area (Å²) in [6, 6.07) is 4.20. The van der Waals surface area contributed by atoms with Gasteiger partial charge in [0, 0.05) is 43.1 Å². The van der Waals surface area contributed by atoms with Crippen LogP contribution in [-0.2, 0) is 13.1 Å². The van der Waals surface area contributed by atoms with Crippen molar-refractivity contribution in [1.82, 2.24) is 24.8 Å². The van der Waals surface area contributed by atoms with E-state index in [9.17, 15) is 5.11 Å². The van der Waals surface area contributed by atoms with Gasteiger partial charge in [0.05, 0.1) is 29.3 Å². The van der Waals surface area contributed by atoms with Gasteiger partial charge in [0.2, 0.25) is 0 Å². The van der Waals surface area contributed by atoms with E-state index in [0.29, 0.717) is 12.5 Å². The SMILES string of the molecule is O[C@@H]1CC(Cn2ccnc2)C[C@H]1NCc1ccc(-c2cscn2)nc1. The molecule has 0 aliphatic heterocycles. The van der Waals surface area contributed by atoms with E-state index in [-0.39, 0.29) is 12.1 Å². The van der Waals surface area contributed by atoms with Crippen LogP contribution in [0.25, 0.3) is 11.4 Å². The first-order valence-corrected chi connectivity index (χ1v) is 9.43. The molecule has 1 fully saturated rings. The van der Waals surface area contributed by atoms with Gasteiger partial charge in [0.25, 0.3) is 0 Å². The molecule has 130 valence electrons. The zero-order valence-electron chi connectivity index (χ0n) is 13.8. The lowest BCUT2D eigenvalue weighted by molar-refractivity contribution is 0.145. The Labute approximate surface area is 150 Å². The van der Waals surface area contributed by atoms with Crippen LogP contribution in [-0.4, -0.2) is 36.8 Å². The first kappa shape index (κ1) is 16.4. The minimum absolute atomic E-state index is 0.131. The lowest BCUT2D eigenvalue weighted by Gasteiger charge is -2.16. The molecule has 0 saturated heterocycles. The number of thiazole rings is 1. The van der Waals surface area contributed by atoms with E-state index in [4.69, 9.17) is 0 Å². The van der Waals surface area contributed by atoms with Crippen molar-refractivity contribution < 1.29 is 5.11 Å². The Kier molecular flexibility index (Phi) is 4.87. The minimum atomic E-state index is -0.296. The second-order valence-electron chi connectivity index (χ2n) is 6.58. The Morgan fingerprint density at radius 3 is 2.92 bits per heavy atom. The third-order valence-corrected chi connectivity index (χ3v) is 5.33. The maximum absolute atomic E-state index is 10.3. The van der Waals surface area contributed by atoms with Crippen LogP contribution in [0.4, 0.5) is 0 Å². The average molecular weight is 355 g/mol. The van der Waals surface area contributed by atoms with Crippen LogP contribution in [0, 0.1) is 5.92 Å². The molecule has 0 bridgehead atoms. The number of nitrogens with one attached hydrogen (secondary N) is 1. The topological polar surface area (TPSA) is 75.9 Å². The van der Waals surface area contributed by atoms with Crippen molar-refractivity contribution in [1.29, 1.82) is 0 Å². The standard InChI is InChI=1S/C18H21N5OS/c24-18-6-14(9-23-4-3-19-11-23)5-16(18)21-8-13-1-2-15(20-7-13)17-10-25-12-22-17/h1-4,7,10-12,14,16,18,21,24H,5-6,8-9H2/t14?,16-,18-/m1/s1. The molecule has 1 unspecified atom stereocenters. The molecule has 1 aliphatic rings. The number of aliphatic hydroxyl groups excluding tert-OH is 1. The van der Waals surface area contributed by atoms with Gasteiger partial charge >= 0.3 is 0 Å². The number of aliphatic hydroxyl groups is 1. The van der Waals surface area contributed by atoms with Crippen LogP contribution >= 0.6 is 11.3 Å². The first-order chi connectivity index (χ1) is 12.3.